The van der Waals surface area contributed by atoms with Crippen LogP contribution in [0.1, 0.15) is 15.9 Å². The molecule has 8 heteroatoms. The number of nitro benzene ring substituents is 1. The Labute approximate surface area is 134 Å². The Morgan fingerprint density at radius 1 is 1.35 bits per heavy atom. The third kappa shape index (κ3) is 4.04. The Morgan fingerprint density at radius 2 is 2.00 bits per heavy atom. The van der Waals surface area contributed by atoms with Gasteiger partial charge in [0.15, 0.2) is 0 Å². The predicted octanol–water partition coefficient (Wildman–Crippen LogP) is 0.407. The number of nitrogens with one attached hydrogen (secondary N) is 1. The molecule has 1 aromatic carbocycles. The molecule has 1 aromatic rings. The number of aryl methyl sites for hydroxylation is 1. The standard InChI is InChI=1S/C15H20N4O4/c1-11-9-12(19(22)23)3-4-13(11)15(21)17(2)10-14(20)18-7-5-16-6-8-18/h3-4,9,16H,5-8,10H2,1-2H3. The van der Waals surface area contributed by atoms with Crippen molar-refractivity contribution >= 4 is 17.5 Å². The molecule has 0 aliphatic carbocycles. The Kier molecular flexibility index (Phi) is 5.28. The van der Waals surface area contributed by atoms with Gasteiger partial charge in [-0.25, -0.2) is 0 Å². The number of rotatable bonds is 4. The molecule has 0 unspecified atom stereocenters. The van der Waals surface area contributed by atoms with E-state index in [4.69, 9.17) is 0 Å². The molecule has 0 spiro atoms. The van der Waals surface area contributed by atoms with Crippen LogP contribution in [0.5, 0.6) is 0 Å². The summed E-state index contributed by atoms with van der Waals surface area (Å²) >= 11 is 0. The number of amides is 2. The van der Waals surface area contributed by atoms with Crippen LogP contribution in [0, 0.1) is 17.0 Å². The Morgan fingerprint density at radius 3 is 2.57 bits per heavy atom. The molecule has 1 heterocycles. The van der Waals surface area contributed by atoms with E-state index in [0.29, 0.717) is 24.2 Å². The number of benzene rings is 1. The summed E-state index contributed by atoms with van der Waals surface area (Å²) < 4.78 is 0. The second kappa shape index (κ2) is 7.19. The van der Waals surface area contributed by atoms with Crippen molar-refractivity contribution in [2.45, 2.75) is 6.92 Å². The Hall–Kier alpha value is -2.48. The maximum Gasteiger partial charge on any atom is 0.269 e. The van der Waals surface area contributed by atoms with Gasteiger partial charge in [-0.2, -0.15) is 0 Å². The zero-order chi connectivity index (χ0) is 17.0. The smallest absolute Gasteiger partial charge is 0.269 e. The number of hydrogen-bond donors (Lipinski definition) is 1. The highest BCUT2D eigenvalue weighted by molar-refractivity contribution is 5.97. The first kappa shape index (κ1) is 16.9. The quantitative estimate of drug-likeness (QED) is 0.640. The number of carbonyl (C=O) groups excluding carboxylic acids is 2. The number of likely N-dealkylation sites (N-methyl/N-ethyl adjacent to an activating group) is 1. The van der Waals surface area contributed by atoms with Gasteiger partial charge in [-0.3, -0.25) is 19.7 Å². The molecular weight excluding hydrogens is 300 g/mol. The second-order valence-electron chi connectivity index (χ2n) is 5.55. The summed E-state index contributed by atoms with van der Waals surface area (Å²) in [5.74, 6) is -0.414. The first-order valence-electron chi connectivity index (χ1n) is 7.39. The normalized spacial score (nSPS) is 14.4. The largest absolute Gasteiger partial charge is 0.339 e. The highest BCUT2D eigenvalue weighted by Gasteiger charge is 2.22. The van der Waals surface area contributed by atoms with E-state index in [1.165, 1.54) is 23.1 Å². The molecule has 1 fully saturated rings. The zero-order valence-corrected chi connectivity index (χ0v) is 13.2. The minimum atomic E-state index is -0.501. The van der Waals surface area contributed by atoms with Crippen molar-refractivity contribution < 1.29 is 14.5 Å². The Balaban J connectivity index is 2.04. The van der Waals surface area contributed by atoms with Gasteiger partial charge in [0.25, 0.3) is 11.6 Å². The maximum atomic E-state index is 12.4. The minimum absolute atomic E-state index is 0.00470. The van der Waals surface area contributed by atoms with E-state index in [1.54, 1.807) is 18.9 Å². The van der Waals surface area contributed by atoms with Gasteiger partial charge >= 0.3 is 0 Å². The molecule has 0 radical (unpaired) electrons. The van der Waals surface area contributed by atoms with Gasteiger partial charge in [0.05, 0.1) is 11.5 Å². The zero-order valence-electron chi connectivity index (χ0n) is 13.2. The number of non-ortho nitro benzene ring substituents is 1. The first-order chi connectivity index (χ1) is 10.9. The summed E-state index contributed by atoms with van der Waals surface area (Å²) in [6.07, 6.45) is 0. The second-order valence-corrected chi connectivity index (χ2v) is 5.55. The molecule has 1 aliphatic heterocycles. The van der Waals surface area contributed by atoms with Gasteiger partial charge in [-0.15, -0.1) is 0 Å². The van der Waals surface area contributed by atoms with Crippen LogP contribution >= 0.6 is 0 Å². The minimum Gasteiger partial charge on any atom is -0.339 e. The summed E-state index contributed by atoms with van der Waals surface area (Å²) in [6.45, 7) is 4.42. The lowest BCUT2D eigenvalue weighted by Gasteiger charge is -2.29. The van der Waals surface area contributed by atoms with Crippen LogP contribution in [0.2, 0.25) is 0 Å². The van der Waals surface area contributed by atoms with Crippen LogP contribution in [0.3, 0.4) is 0 Å². The molecule has 8 nitrogen and oxygen atoms in total. The summed E-state index contributed by atoms with van der Waals surface area (Å²) in [7, 11) is 1.56. The van der Waals surface area contributed by atoms with Crippen molar-refractivity contribution in [1.29, 1.82) is 0 Å². The SMILES string of the molecule is Cc1cc([N+](=O)[O-])ccc1C(=O)N(C)CC(=O)N1CCNCC1. The number of piperazine rings is 1. The molecule has 1 N–H and O–H groups in total. The Bertz CT molecular complexity index is 626. The van der Waals surface area contributed by atoms with Crippen LogP contribution in [0.4, 0.5) is 5.69 Å². The number of nitro groups is 1. The van der Waals surface area contributed by atoms with E-state index in [2.05, 4.69) is 5.32 Å². The fraction of sp³-hybridized carbons (Fsp3) is 0.467. The van der Waals surface area contributed by atoms with Crippen molar-refractivity contribution in [1.82, 2.24) is 15.1 Å². The lowest BCUT2D eigenvalue weighted by atomic mass is 10.1. The fourth-order valence-electron chi connectivity index (χ4n) is 2.50. The molecule has 0 atom stereocenters. The summed E-state index contributed by atoms with van der Waals surface area (Å²) in [5.41, 5.74) is 0.829. The molecule has 0 aromatic heterocycles. The van der Waals surface area contributed by atoms with Gasteiger partial charge in [0, 0.05) is 50.9 Å². The van der Waals surface area contributed by atoms with Crippen LogP contribution in [-0.4, -0.2) is 66.3 Å². The first-order valence-corrected chi connectivity index (χ1v) is 7.39. The molecular formula is C15H20N4O4. The van der Waals surface area contributed by atoms with E-state index < -0.39 is 4.92 Å². The molecule has 0 bridgehead atoms. The molecule has 2 amide bonds. The van der Waals surface area contributed by atoms with Crippen molar-refractivity contribution in [3.05, 3.63) is 39.4 Å². The van der Waals surface area contributed by atoms with E-state index in [-0.39, 0.29) is 24.0 Å². The van der Waals surface area contributed by atoms with Crippen molar-refractivity contribution in [3.8, 4) is 0 Å². The highest BCUT2D eigenvalue weighted by Crippen LogP contribution is 2.18. The average molecular weight is 320 g/mol. The summed E-state index contributed by atoms with van der Waals surface area (Å²) in [6, 6.07) is 4.09. The van der Waals surface area contributed by atoms with E-state index >= 15 is 0 Å². The molecule has 1 saturated heterocycles. The van der Waals surface area contributed by atoms with E-state index in [9.17, 15) is 19.7 Å². The van der Waals surface area contributed by atoms with Gasteiger partial charge in [-0.05, 0) is 18.6 Å². The third-order valence-corrected chi connectivity index (χ3v) is 3.84. The van der Waals surface area contributed by atoms with Crippen molar-refractivity contribution in [3.63, 3.8) is 0 Å². The van der Waals surface area contributed by atoms with Crippen LogP contribution < -0.4 is 5.32 Å². The number of nitrogens with zero attached hydrogens (tertiary/aromatic N) is 3. The molecule has 1 aliphatic rings. The van der Waals surface area contributed by atoms with Gasteiger partial charge in [0.2, 0.25) is 5.91 Å². The number of carbonyl (C=O) groups is 2. The topological polar surface area (TPSA) is 95.8 Å². The predicted molar refractivity (Wildman–Crippen MR) is 84.2 cm³/mol. The summed E-state index contributed by atoms with van der Waals surface area (Å²) in [5, 5.41) is 13.9. The molecule has 2 rings (SSSR count). The molecule has 23 heavy (non-hydrogen) atoms. The average Bonchev–Trinajstić information content (AvgIpc) is 2.54. The highest BCUT2D eigenvalue weighted by atomic mass is 16.6. The molecule has 0 saturated carbocycles. The van der Waals surface area contributed by atoms with Crippen molar-refractivity contribution in [2.75, 3.05) is 39.8 Å². The van der Waals surface area contributed by atoms with Crippen LogP contribution in [0.15, 0.2) is 18.2 Å². The van der Waals surface area contributed by atoms with Crippen molar-refractivity contribution in [2.24, 2.45) is 0 Å². The van der Waals surface area contributed by atoms with Gasteiger partial charge < -0.3 is 15.1 Å². The van der Waals surface area contributed by atoms with Crippen LogP contribution in [-0.2, 0) is 4.79 Å². The summed E-state index contributed by atoms with van der Waals surface area (Å²) in [4.78, 5) is 37.9. The lowest BCUT2D eigenvalue weighted by molar-refractivity contribution is -0.384. The van der Waals surface area contributed by atoms with Crippen LogP contribution in [0.25, 0.3) is 0 Å². The van der Waals surface area contributed by atoms with E-state index in [1.807, 2.05) is 0 Å². The molecule has 124 valence electrons. The van der Waals surface area contributed by atoms with Gasteiger partial charge in [0.1, 0.15) is 0 Å². The third-order valence-electron chi connectivity index (χ3n) is 3.84. The fourth-order valence-corrected chi connectivity index (χ4v) is 2.50. The lowest BCUT2D eigenvalue weighted by Crippen LogP contribution is -2.49. The number of hydrogen-bond acceptors (Lipinski definition) is 5. The maximum absolute atomic E-state index is 12.4. The monoisotopic (exact) mass is 320 g/mol. The van der Waals surface area contributed by atoms with E-state index in [0.717, 1.165) is 13.1 Å². The van der Waals surface area contributed by atoms with Gasteiger partial charge in [-0.1, -0.05) is 0 Å².